The molecule has 0 aliphatic carbocycles. The van der Waals surface area contributed by atoms with Crippen LogP contribution in [0.1, 0.15) is 40.5 Å². The molecule has 1 aliphatic heterocycles. The molecule has 1 fully saturated rings. The molecule has 1 aromatic carbocycles. The lowest BCUT2D eigenvalue weighted by molar-refractivity contribution is 0.0703. The molecular formula is C20H22N4OS. The van der Waals surface area contributed by atoms with E-state index in [2.05, 4.69) is 16.3 Å². The molecule has 1 unspecified atom stereocenters. The number of carbonyl (C=O) groups is 1. The molecule has 6 heteroatoms. The number of amides is 1. The fourth-order valence-corrected chi connectivity index (χ4v) is 4.08. The van der Waals surface area contributed by atoms with Gasteiger partial charge in [-0.25, -0.2) is 0 Å². The first-order valence-electron chi connectivity index (χ1n) is 8.91. The van der Waals surface area contributed by atoms with Crippen molar-refractivity contribution < 1.29 is 4.79 Å². The van der Waals surface area contributed by atoms with E-state index in [-0.39, 0.29) is 11.8 Å². The Kier molecular flexibility index (Phi) is 4.68. The van der Waals surface area contributed by atoms with Gasteiger partial charge in [0.1, 0.15) is 5.82 Å². The Hall–Kier alpha value is -2.34. The van der Waals surface area contributed by atoms with Gasteiger partial charge in [-0.05, 0) is 55.9 Å². The zero-order valence-electron chi connectivity index (χ0n) is 15.1. The van der Waals surface area contributed by atoms with E-state index in [4.69, 9.17) is 0 Å². The van der Waals surface area contributed by atoms with Crippen molar-refractivity contribution in [3.63, 3.8) is 0 Å². The maximum Gasteiger partial charge on any atom is 0.254 e. The van der Waals surface area contributed by atoms with Gasteiger partial charge in [0.15, 0.2) is 5.65 Å². The Morgan fingerprint density at radius 3 is 2.96 bits per heavy atom. The van der Waals surface area contributed by atoms with Gasteiger partial charge < -0.3 is 4.90 Å². The van der Waals surface area contributed by atoms with Crippen molar-refractivity contribution in [2.24, 2.45) is 0 Å². The van der Waals surface area contributed by atoms with Crippen molar-refractivity contribution in [3.8, 4) is 0 Å². The van der Waals surface area contributed by atoms with Gasteiger partial charge in [-0.15, -0.1) is 22.0 Å². The van der Waals surface area contributed by atoms with Crippen LogP contribution in [0.2, 0.25) is 0 Å². The van der Waals surface area contributed by atoms with E-state index in [9.17, 15) is 4.79 Å². The third-order valence-corrected chi connectivity index (χ3v) is 5.81. The second kappa shape index (κ2) is 7.11. The molecule has 0 bridgehead atoms. The molecule has 0 N–H and O–H groups in total. The normalized spacial score (nSPS) is 17.6. The number of likely N-dealkylation sites (tertiary alicyclic amines) is 1. The molecule has 0 saturated carbocycles. The van der Waals surface area contributed by atoms with Crippen LogP contribution in [0.4, 0.5) is 0 Å². The van der Waals surface area contributed by atoms with Crippen molar-refractivity contribution in [1.82, 2.24) is 19.5 Å². The molecule has 0 radical (unpaired) electrons. The van der Waals surface area contributed by atoms with Crippen LogP contribution >= 0.6 is 11.8 Å². The zero-order chi connectivity index (χ0) is 18.1. The largest absolute Gasteiger partial charge is 0.338 e. The van der Waals surface area contributed by atoms with Gasteiger partial charge in [0, 0.05) is 35.7 Å². The first kappa shape index (κ1) is 17.1. The lowest BCUT2D eigenvalue weighted by Gasteiger charge is -2.32. The van der Waals surface area contributed by atoms with Crippen molar-refractivity contribution in [2.45, 2.75) is 30.6 Å². The monoisotopic (exact) mass is 366 g/mol. The molecule has 26 heavy (non-hydrogen) atoms. The highest BCUT2D eigenvalue weighted by molar-refractivity contribution is 7.98. The molecule has 1 saturated heterocycles. The third kappa shape index (κ3) is 3.09. The molecule has 1 amide bonds. The standard InChI is InChI=1S/C20H22N4OS/c1-14-8-9-16(26-2)12-17(14)20(25)23-10-5-6-15(13-23)19-22-21-18-7-3-4-11-24(18)19/h3-4,7-9,11-12,15H,5-6,10,13H2,1-2H3. The van der Waals surface area contributed by atoms with Crippen LogP contribution in [-0.2, 0) is 0 Å². The number of carbonyl (C=O) groups excluding carboxylic acids is 1. The van der Waals surface area contributed by atoms with E-state index in [1.165, 1.54) is 0 Å². The van der Waals surface area contributed by atoms with Crippen LogP contribution in [0.15, 0.2) is 47.5 Å². The highest BCUT2D eigenvalue weighted by Gasteiger charge is 2.29. The van der Waals surface area contributed by atoms with Gasteiger partial charge in [-0.1, -0.05) is 12.1 Å². The summed E-state index contributed by atoms with van der Waals surface area (Å²) in [7, 11) is 0. The summed E-state index contributed by atoms with van der Waals surface area (Å²) < 4.78 is 2.04. The summed E-state index contributed by atoms with van der Waals surface area (Å²) >= 11 is 1.66. The predicted molar refractivity (Wildman–Crippen MR) is 104 cm³/mol. The Labute approximate surface area is 157 Å². The van der Waals surface area contributed by atoms with Crippen molar-refractivity contribution in [1.29, 1.82) is 0 Å². The van der Waals surface area contributed by atoms with Crippen molar-refractivity contribution >= 4 is 23.3 Å². The van der Waals surface area contributed by atoms with Gasteiger partial charge in [0.25, 0.3) is 5.91 Å². The van der Waals surface area contributed by atoms with Gasteiger partial charge in [-0.2, -0.15) is 0 Å². The average molecular weight is 366 g/mol. The Bertz CT molecular complexity index is 952. The highest BCUT2D eigenvalue weighted by atomic mass is 32.2. The zero-order valence-corrected chi connectivity index (χ0v) is 15.9. The molecule has 0 spiro atoms. The van der Waals surface area contributed by atoms with Crippen LogP contribution < -0.4 is 0 Å². The highest BCUT2D eigenvalue weighted by Crippen LogP contribution is 2.28. The molecular weight excluding hydrogens is 344 g/mol. The number of hydrogen-bond donors (Lipinski definition) is 0. The van der Waals surface area contributed by atoms with Gasteiger partial charge in [-0.3, -0.25) is 9.20 Å². The number of pyridine rings is 1. The summed E-state index contributed by atoms with van der Waals surface area (Å²) in [5.41, 5.74) is 2.70. The molecule has 5 nitrogen and oxygen atoms in total. The number of aromatic nitrogens is 3. The SMILES string of the molecule is CSc1ccc(C)c(C(=O)N2CCCC(c3nnc4ccccn34)C2)c1. The van der Waals surface area contributed by atoms with E-state index in [1.807, 2.05) is 59.0 Å². The van der Waals surface area contributed by atoms with Gasteiger partial charge in [0.2, 0.25) is 0 Å². The van der Waals surface area contributed by atoms with Crippen LogP contribution in [0, 0.1) is 6.92 Å². The second-order valence-electron chi connectivity index (χ2n) is 6.76. The fourth-order valence-electron chi connectivity index (χ4n) is 3.64. The number of thioether (sulfide) groups is 1. The second-order valence-corrected chi connectivity index (χ2v) is 7.64. The first-order valence-corrected chi connectivity index (χ1v) is 10.1. The lowest BCUT2D eigenvalue weighted by Crippen LogP contribution is -2.39. The molecule has 2 aromatic heterocycles. The minimum absolute atomic E-state index is 0.122. The number of aryl methyl sites for hydroxylation is 1. The Balaban J connectivity index is 1.60. The number of fused-ring (bicyclic) bond motifs is 1. The average Bonchev–Trinajstić information content (AvgIpc) is 3.12. The molecule has 1 aliphatic rings. The van der Waals surface area contributed by atoms with Crippen LogP contribution in [0.3, 0.4) is 0 Å². The molecule has 134 valence electrons. The van der Waals surface area contributed by atoms with E-state index in [0.717, 1.165) is 46.9 Å². The molecule has 4 rings (SSSR count). The van der Waals surface area contributed by atoms with E-state index < -0.39 is 0 Å². The van der Waals surface area contributed by atoms with E-state index >= 15 is 0 Å². The number of nitrogens with zero attached hydrogens (tertiary/aromatic N) is 4. The summed E-state index contributed by atoms with van der Waals surface area (Å²) in [4.78, 5) is 16.2. The minimum atomic E-state index is 0.122. The van der Waals surface area contributed by atoms with Crippen LogP contribution in [0.25, 0.3) is 5.65 Å². The van der Waals surface area contributed by atoms with Gasteiger partial charge >= 0.3 is 0 Å². The summed E-state index contributed by atoms with van der Waals surface area (Å²) in [6, 6.07) is 12.0. The smallest absolute Gasteiger partial charge is 0.254 e. The summed E-state index contributed by atoms with van der Waals surface area (Å²) in [5.74, 6) is 1.29. The summed E-state index contributed by atoms with van der Waals surface area (Å²) in [6.07, 6.45) is 6.05. The molecule has 1 atom stereocenters. The van der Waals surface area contributed by atoms with Crippen molar-refractivity contribution in [3.05, 3.63) is 59.5 Å². The third-order valence-electron chi connectivity index (χ3n) is 5.09. The van der Waals surface area contributed by atoms with E-state index in [0.29, 0.717) is 6.54 Å². The topological polar surface area (TPSA) is 50.5 Å². The number of rotatable bonds is 3. The number of benzene rings is 1. The first-order chi connectivity index (χ1) is 12.7. The maximum atomic E-state index is 13.1. The van der Waals surface area contributed by atoms with Crippen LogP contribution in [-0.4, -0.2) is 44.8 Å². The number of piperidine rings is 1. The molecule has 3 aromatic rings. The van der Waals surface area contributed by atoms with E-state index in [1.54, 1.807) is 11.8 Å². The fraction of sp³-hybridized carbons (Fsp3) is 0.350. The summed E-state index contributed by atoms with van der Waals surface area (Å²) in [5, 5.41) is 8.67. The molecule has 3 heterocycles. The van der Waals surface area contributed by atoms with Crippen LogP contribution in [0.5, 0.6) is 0 Å². The number of hydrogen-bond acceptors (Lipinski definition) is 4. The predicted octanol–water partition coefficient (Wildman–Crippen LogP) is 3.78. The minimum Gasteiger partial charge on any atom is -0.338 e. The quantitative estimate of drug-likeness (QED) is 0.662. The lowest BCUT2D eigenvalue weighted by atomic mass is 9.96. The Morgan fingerprint density at radius 1 is 1.23 bits per heavy atom. The van der Waals surface area contributed by atoms with Crippen molar-refractivity contribution in [2.75, 3.05) is 19.3 Å². The Morgan fingerprint density at radius 2 is 2.12 bits per heavy atom. The summed E-state index contributed by atoms with van der Waals surface area (Å²) in [6.45, 7) is 3.50. The maximum absolute atomic E-state index is 13.1. The van der Waals surface area contributed by atoms with Gasteiger partial charge in [0.05, 0.1) is 0 Å².